The molecule has 0 aromatic heterocycles. The number of benzene rings is 1. The van der Waals surface area contributed by atoms with E-state index in [2.05, 4.69) is 4.74 Å². The fourth-order valence-corrected chi connectivity index (χ4v) is 1.10. The predicted octanol–water partition coefficient (Wildman–Crippen LogP) is 0.966. The van der Waals surface area contributed by atoms with Gasteiger partial charge in [0.15, 0.2) is 11.6 Å². The van der Waals surface area contributed by atoms with E-state index in [1.54, 1.807) is 0 Å². The van der Waals surface area contributed by atoms with Gasteiger partial charge in [-0.25, -0.2) is 8.78 Å². The minimum absolute atomic E-state index is 0.0932. The maximum Gasteiger partial charge on any atom is 0.170 e. The summed E-state index contributed by atoms with van der Waals surface area (Å²) in [5.74, 6) is -1.61. The van der Waals surface area contributed by atoms with Crippen LogP contribution in [0.4, 0.5) is 8.78 Å². The number of aliphatic hydroxyl groups is 1. The lowest BCUT2D eigenvalue weighted by Crippen LogP contribution is -2.16. The van der Waals surface area contributed by atoms with Crippen LogP contribution in [0, 0.1) is 11.6 Å². The molecule has 0 bridgehead atoms. The van der Waals surface area contributed by atoms with Crippen LogP contribution in [0.3, 0.4) is 0 Å². The van der Waals surface area contributed by atoms with Crippen molar-refractivity contribution in [3.8, 4) is 5.75 Å². The Bertz CT molecular complexity index is 331. The van der Waals surface area contributed by atoms with Crippen molar-refractivity contribution >= 4 is 0 Å². The molecule has 0 saturated carbocycles. The maximum absolute atomic E-state index is 13.4. The van der Waals surface area contributed by atoms with Crippen molar-refractivity contribution in [3.05, 3.63) is 29.3 Å². The van der Waals surface area contributed by atoms with Crippen molar-refractivity contribution in [2.45, 2.75) is 6.04 Å². The Kier molecular flexibility index (Phi) is 3.38. The Labute approximate surface area is 80.1 Å². The highest BCUT2D eigenvalue weighted by atomic mass is 19.1. The molecule has 0 radical (unpaired) electrons. The van der Waals surface area contributed by atoms with E-state index in [4.69, 9.17) is 10.8 Å². The average molecular weight is 203 g/mol. The quantitative estimate of drug-likeness (QED) is 0.769. The van der Waals surface area contributed by atoms with Gasteiger partial charge in [-0.15, -0.1) is 0 Å². The van der Waals surface area contributed by atoms with E-state index in [1.807, 2.05) is 0 Å². The molecule has 0 saturated heterocycles. The van der Waals surface area contributed by atoms with Gasteiger partial charge in [-0.3, -0.25) is 0 Å². The number of nitrogens with two attached hydrogens (primary N) is 1. The van der Waals surface area contributed by atoms with Gasteiger partial charge >= 0.3 is 0 Å². The largest absolute Gasteiger partial charge is 0.494 e. The molecule has 3 nitrogen and oxygen atoms in total. The van der Waals surface area contributed by atoms with Gasteiger partial charge in [0.05, 0.1) is 19.8 Å². The minimum atomic E-state index is -0.945. The van der Waals surface area contributed by atoms with Gasteiger partial charge in [-0.2, -0.15) is 0 Å². The van der Waals surface area contributed by atoms with Crippen molar-refractivity contribution in [2.75, 3.05) is 13.7 Å². The summed E-state index contributed by atoms with van der Waals surface area (Å²) >= 11 is 0. The lowest BCUT2D eigenvalue weighted by molar-refractivity contribution is 0.263. The Balaban J connectivity index is 3.21. The highest BCUT2D eigenvalue weighted by Crippen LogP contribution is 2.25. The van der Waals surface area contributed by atoms with E-state index in [0.717, 1.165) is 12.1 Å². The fourth-order valence-electron chi connectivity index (χ4n) is 1.10. The molecule has 1 atom stereocenters. The number of aliphatic hydroxyl groups excluding tert-OH is 1. The molecule has 78 valence electrons. The smallest absolute Gasteiger partial charge is 0.170 e. The molecule has 3 N–H and O–H groups in total. The molecule has 5 heteroatoms. The SMILES string of the molecule is COc1cc(F)cc(C(N)CO)c1F. The average Bonchev–Trinajstić information content (AvgIpc) is 2.19. The summed E-state index contributed by atoms with van der Waals surface area (Å²) in [6.45, 7) is -0.455. The normalized spacial score (nSPS) is 12.6. The van der Waals surface area contributed by atoms with Gasteiger partial charge in [0.2, 0.25) is 0 Å². The Morgan fingerprint density at radius 3 is 2.64 bits per heavy atom. The van der Waals surface area contributed by atoms with Crippen molar-refractivity contribution in [1.82, 2.24) is 0 Å². The molecular formula is C9H11F2NO2. The molecule has 0 spiro atoms. The number of halogens is 2. The van der Waals surface area contributed by atoms with Gasteiger partial charge in [-0.05, 0) is 6.07 Å². The third kappa shape index (κ3) is 2.00. The molecule has 14 heavy (non-hydrogen) atoms. The summed E-state index contributed by atoms with van der Waals surface area (Å²) in [5.41, 5.74) is 5.28. The number of rotatable bonds is 3. The molecule has 1 aromatic carbocycles. The number of methoxy groups -OCH3 is 1. The van der Waals surface area contributed by atoms with Gasteiger partial charge < -0.3 is 15.6 Å². The highest BCUT2D eigenvalue weighted by molar-refractivity contribution is 5.33. The van der Waals surface area contributed by atoms with Crippen LogP contribution in [0.5, 0.6) is 5.75 Å². The van der Waals surface area contributed by atoms with Crippen molar-refractivity contribution in [2.24, 2.45) is 5.73 Å². The zero-order valence-electron chi connectivity index (χ0n) is 7.63. The van der Waals surface area contributed by atoms with Crippen LogP contribution >= 0.6 is 0 Å². The van der Waals surface area contributed by atoms with E-state index in [-0.39, 0.29) is 11.3 Å². The highest BCUT2D eigenvalue weighted by Gasteiger charge is 2.16. The monoisotopic (exact) mass is 203 g/mol. The van der Waals surface area contributed by atoms with E-state index < -0.39 is 24.3 Å². The second kappa shape index (κ2) is 4.34. The van der Waals surface area contributed by atoms with E-state index >= 15 is 0 Å². The molecule has 0 fully saturated rings. The molecule has 1 aromatic rings. The molecule has 0 aliphatic heterocycles. The summed E-state index contributed by atoms with van der Waals surface area (Å²) in [6.07, 6.45) is 0. The molecule has 0 amide bonds. The number of ether oxygens (including phenoxy) is 1. The van der Waals surface area contributed by atoms with Gasteiger partial charge in [0, 0.05) is 11.6 Å². The van der Waals surface area contributed by atoms with Gasteiger partial charge in [-0.1, -0.05) is 0 Å². The summed E-state index contributed by atoms with van der Waals surface area (Å²) in [7, 11) is 1.23. The number of hydrogen-bond donors (Lipinski definition) is 2. The van der Waals surface area contributed by atoms with Crippen molar-refractivity contribution in [3.63, 3.8) is 0 Å². The van der Waals surface area contributed by atoms with Gasteiger partial charge in [0.25, 0.3) is 0 Å². The molecule has 0 aliphatic rings. The van der Waals surface area contributed by atoms with Crippen molar-refractivity contribution < 1.29 is 18.6 Å². The van der Waals surface area contributed by atoms with Crippen LogP contribution in [0.2, 0.25) is 0 Å². The second-order valence-electron chi connectivity index (χ2n) is 2.80. The summed E-state index contributed by atoms with van der Waals surface area (Å²) in [6, 6.07) is 0.918. The molecule has 1 unspecified atom stereocenters. The lowest BCUT2D eigenvalue weighted by Gasteiger charge is -2.12. The van der Waals surface area contributed by atoms with Crippen LogP contribution in [0.1, 0.15) is 11.6 Å². The lowest BCUT2D eigenvalue weighted by atomic mass is 10.1. The molecule has 0 aliphatic carbocycles. The topological polar surface area (TPSA) is 55.5 Å². The van der Waals surface area contributed by atoms with Crippen LogP contribution in [-0.2, 0) is 0 Å². The maximum atomic E-state index is 13.4. The van der Waals surface area contributed by atoms with E-state index in [1.165, 1.54) is 7.11 Å². The molecular weight excluding hydrogens is 192 g/mol. The Hall–Kier alpha value is -1.20. The fraction of sp³-hybridized carbons (Fsp3) is 0.333. The Morgan fingerprint density at radius 2 is 2.14 bits per heavy atom. The third-order valence-corrected chi connectivity index (χ3v) is 1.85. The van der Waals surface area contributed by atoms with Crippen LogP contribution < -0.4 is 10.5 Å². The van der Waals surface area contributed by atoms with E-state index in [9.17, 15) is 8.78 Å². The number of hydrogen-bond acceptors (Lipinski definition) is 3. The third-order valence-electron chi connectivity index (χ3n) is 1.85. The summed E-state index contributed by atoms with van der Waals surface area (Å²) in [4.78, 5) is 0. The van der Waals surface area contributed by atoms with Crippen LogP contribution in [-0.4, -0.2) is 18.8 Å². The van der Waals surface area contributed by atoms with Crippen LogP contribution in [0.25, 0.3) is 0 Å². The minimum Gasteiger partial charge on any atom is -0.494 e. The predicted molar refractivity (Wildman–Crippen MR) is 46.9 cm³/mol. The summed E-state index contributed by atoms with van der Waals surface area (Å²) in [5, 5.41) is 8.71. The first kappa shape index (κ1) is 10.9. The van der Waals surface area contributed by atoms with Crippen LogP contribution in [0.15, 0.2) is 12.1 Å². The first-order valence-corrected chi connectivity index (χ1v) is 3.99. The zero-order chi connectivity index (χ0) is 10.7. The standard InChI is InChI=1S/C9H11F2NO2/c1-14-8-3-5(10)2-6(9(8)11)7(12)4-13/h2-3,7,13H,4,12H2,1H3. The first-order valence-electron chi connectivity index (χ1n) is 3.99. The Morgan fingerprint density at radius 1 is 1.50 bits per heavy atom. The molecule has 0 heterocycles. The summed E-state index contributed by atoms with van der Waals surface area (Å²) < 4.78 is 30.9. The van der Waals surface area contributed by atoms with E-state index in [0.29, 0.717) is 0 Å². The zero-order valence-corrected chi connectivity index (χ0v) is 7.63. The van der Waals surface area contributed by atoms with Crippen molar-refractivity contribution in [1.29, 1.82) is 0 Å². The van der Waals surface area contributed by atoms with Gasteiger partial charge in [0.1, 0.15) is 5.82 Å². The second-order valence-corrected chi connectivity index (χ2v) is 2.80. The first-order chi connectivity index (χ1) is 6.60. The molecule has 1 rings (SSSR count).